The zero-order valence-electron chi connectivity index (χ0n) is 13.2. The lowest BCUT2D eigenvalue weighted by Crippen LogP contribution is -2.41. The number of nitrogens with one attached hydrogen (secondary N) is 1. The Morgan fingerprint density at radius 2 is 2.13 bits per heavy atom. The van der Waals surface area contributed by atoms with Gasteiger partial charge in [0.1, 0.15) is 0 Å². The summed E-state index contributed by atoms with van der Waals surface area (Å²) in [6.45, 7) is 4.10. The summed E-state index contributed by atoms with van der Waals surface area (Å²) < 4.78 is 1.61. The van der Waals surface area contributed by atoms with Crippen LogP contribution in [-0.4, -0.2) is 21.2 Å². The molecule has 2 heterocycles. The maximum Gasteiger partial charge on any atom is 0.257 e. The largest absolute Gasteiger partial charge is 0.349 e. The molecule has 0 unspecified atom stereocenters. The minimum Gasteiger partial charge on any atom is -0.349 e. The average molecular weight is 329 g/mol. The second-order valence-corrected chi connectivity index (χ2v) is 6.78. The number of aryl methyl sites for hydroxylation is 1. The second-order valence-electron chi connectivity index (χ2n) is 5.79. The summed E-state index contributed by atoms with van der Waals surface area (Å²) in [7, 11) is 0. The third kappa shape index (κ3) is 3.32. The van der Waals surface area contributed by atoms with Gasteiger partial charge in [-0.05, 0) is 19.4 Å². The number of thioether (sulfide) groups is 1. The highest BCUT2D eigenvalue weighted by atomic mass is 32.2. The molecule has 1 aliphatic heterocycles. The Balaban J connectivity index is 1.72. The van der Waals surface area contributed by atoms with E-state index in [9.17, 15) is 9.59 Å². The number of fused-ring (bicyclic) bond motifs is 1. The molecule has 0 saturated heterocycles. The minimum absolute atomic E-state index is 0.0205. The molecular weight excluding hydrogens is 310 g/mol. The third-order valence-corrected chi connectivity index (χ3v) is 5.18. The topological polar surface area (TPSA) is 64.0 Å². The van der Waals surface area contributed by atoms with Crippen LogP contribution in [0.5, 0.6) is 0 Å². The molecule has 1 N–H and O–H groups in total. The molecule has 1 aromatic heterocycles. The number of hydrogen-bond acceptors (Lipinski definition) is 4. The van der Waals surface area contributed by atoms with Crippen molar-refractivity contribution in [2.75, 3.05) is 5.75 Å². The Kier molecular flexibility index (Phi) is 4.52. The first-order chi connectivity index (χ1) is 11.1. The van der Waals surface area contributed by atoms with Gasteiger partial charge in [0.25, 0.3) is 5.56 Å². The zero-order valence-corrected chi connectivity index (χ0v) is 14.0. The Bertz CT molecular complexity index is 773. The fourth-order valence-corrected chi connectivity index (χ4v) is 3.66. The van der Waals surface area contributed by atoms with Crippen molar-refractivity contribution >= 4 is 17.7 Å². The van der Waals surface area contributed by atoms with Crippen LogP contribution in [0.3, 0.4) is 0 Å². The fraction of sp³-hybridized carbons (Fsp3) is 0.353. The van der Waals surface area contributed by atoms with Crippen molar-refractivity contribution in [3.05, 3.63) is 58.0 Å². The van der Waals surface area contributed by atoms with E-state index in [1.807, 2.05) is 37.3 Å². The highest BCUT2D eigenvalue weighted by molar-refractivity contribution is 7.99. The summed E-state index contributed by atoms with van der Waals surface area (Å²) in [5.74, 6) is 0.399. The van der Waals surface area contributed by atoms with E-state index in [-0.39, 0.29) is 23.4 Å². The van der Waals surface area contributed by atoms with Gasteiger partial charge < -0.3 is 5.32 Å². The van der Waals surface area contributed by atoms with Gasteiger partial charge in [-0.3, -0.25) is 14.2 Å². The average Bonchev–Trinajstić information content (AvgIpc) is 2.58. The van der Waals surface area contributed by atoms with Crippen LogP contribution in [0.25, 0.3) is 0 Å². The first-order valence-corrected chi connectivity index (χ1v) is 8.59. The van der Waals surface area contributed by atoms with Gasteiger partial charge in [0, 0.05) is 24.1 Å². The maximum absolute atomic E-state index is 12.5. The number of carbonyl (C=O) groups is 1. The van der Waals surface area contributed by atoms with Crippen LogP contribution in [0.2, 0.25) is 0 Å². The highest BCUT2D eigenvalue weighted by Crippen LogP contribution is 2.25. The molecule has 0 radical (unpaired) electrons. The summed E-state index contributed by atoms with van der Waals surface area (Å²) >= 11 is 1.46. The molecule has 0 fully saturated rings. The van der Waals surface area contributed by atoms with Gasteiger partial charge >= 0.3 is 0 Å². The van der Waals surface area contributed by atoms with E-state index in [1.54, 1.807) is 17.7 Å². The third-order valence-electron chi connectivity index (χ3n) is 4.03. The summed E-state index contributed by atoms with van der Waals surface area (Å²) in [4.78, 5) is 29.0. The molecule has 2 aromatic rings. The van der Waals surface area contributed by atoms with E-state index >= 15 is 0 Å². The van der Waals surface area contributed by atoms with Gasteiger partial charge in [-0.1, -0.05) is 42.1 Å². The lowest BCUT2D eigenvalue weighted by molar-refractivity contribution is -0.125. The van der Waals surface area contributed by atoms with Crippen LogP contribution in [0.15, 0.2) is 46.5 Å². The van der Waals surface area contributed by atoms with E-state index in [1.165, 1.54) is 11.8 Å². The molecular formula is C17H19N3O2S. The summed E-state index contributed by atoms with van der Waals surface area (Å²) in [6, 6.07) is 9.80. The molecule has 6 heteroatoms. The van der Waals surface area contributed by atoms with Crippen molar-refractivity contribution < 1.29 is 4.79 Å². The smallest absolute Gasteiger partial charge is 0.257 e. The van der Waals surface area contributed by atoms with Gasteiger partial charge in [-0.25, -0.2) is 4.98 Å². The van der Waals surface area contributed by atoms with Gasteiger partial charge in [0.05, 0.1) is 12.0 Å². The molecule has 2 atom stereocenters. The number of carbonyl (C=O) groups excluding carboxylic acids is 1. The lowest BCUT2D eigenvalue weighted by Gasteiger charge is -2.25. The summed E-state index contributed by atoms with van der Waals surface area (Å²) in [6.07, 6.45) is 1.60. The molecule has 1 amide bonds. The van der Waals surface area contributed by atoms with Gasteiger partial charge in [-0.2, -0.15) is 0 Å². The summed E-state index contributed by atoms with van der Waals surface area (Å²) in [5, 5.41) is 3.74. The lowest BCUT2D eigenvalue weighted by atomic mass is 10.1. The number of hydrogen-bond donors (Lipinski definition) is 1. The van der Waals surface area contributed by atoms with Crippen LogP contribution >= 0.6 is 11.8 Å². The van der Waals surface area contributed by atoms with E-state index < -0.39 is 0 Å². The molecule has 1 aromatic carbocycles. The van der Waals surface area contributed by atoms with Crippen LogP contribution < -0.4 is 10.9 Å². The number of nitrogens with zero attached hydrogens (tertiary/aromatic N) is 2. The molecule has 120 valence electrons. The van der Waals surface area contributed by atoms with Crippen molar-refractivity contribution in [1.29, 1.82) is 0 Å². The molecule has 0 aliphatic carbocycles. The van der Waals surface area contributed by atoms with Crippen LogP contribution in [0.4, 0.5) is 0 Å². The highest BCUT2D eigenvalue weighted by Gasteiger charge is 2.27. The SMILES string of the molecule is Cc1cnc2n(c1=O)C[C@H](C(=O)N[C@H](C)c1ccccc1)CS2. The quantitative estimate of drug-likeness (QED) is 0.877. The van der Waals surface area contributed by atoms with Crippen molar-refractivity contribution in [3.8, 4) is 0 Å². The molecule has 5 nitrogen and oxygen atoms in total. The summed E-state index contributed by atoms with van der Waals surface area (Å²) in [5.41, 5.74) is 1.61. The Morgan fingerprint density at radius 1 is 1.39 bits per heavy atom. The Hall–Kier alpha value is -2.08. The van der Waals surface area contributed by atoms with Gasteiger partial charge in [0.2, 0.25) is 5.91 Å². The molecule has 23 heavy (non-hydrogen) atoms. The zero-order chi connectivity index (χ0) is 16.4. The van der Waals surface area contributed by atoms with Crippen LogP contribution in [0.1, 0.15) is 24.1 Å². The normalized spacial score (nSPS) is 18.1. The van der Waals surface area contributed by atoms with Crippen LogP contribution in [-0.2, 0) is 11.3 Å². The van der Waals surface area contributed by atoms with E-state index in [4.69, 9.17) is 0 Å². The van der Waals surface area contributed by atoms with E-state index in [2.05, 4.69) is 10.3 Å². The monoisotopic (exact) mass is 329 g/mol. The van der Waals surface area contributed by atoms with Crippen LogP contribution in [0, 0.1) is 12.8 Å². The molecule has 0 spiro atoms. The first-order valence-electron chi connectivity index (χ1n) is 7.61. The molecule has 3 rings (SSSR count). The minimum atomic E-state index is -0.222. The second kappa shape index (κ2) is 6.58. The number of rotatable bonds is 3. The van der Waals surface area contributed by atoms with E-state index in [0.717, 1.165) is 5.56 Å². The number of amides is 1. The number of benzene rings is 1. The van der Waals surface area contributed by atoms with Gasteiger partial charge in [-0.15, -0.1) is 0 Å². The van der Waals surface area contributed by atoms with E-state index in [0.29, 0.717) is 23.0 Å². The number of aromatic nitrogens is 2. The fourth-order valence-electron chi connectivity index (χ4n) is 2.62. The Labute approximate surface area is 139 Å². The van der Waals surface area contributed by atoms with Gasteiger partial charge in [0.15, 0.2) is 5.16 Å². The molecule has 0 saturated carbocycles. The van der Waals surface area contributed by atoms with Crippen molar-refractivity contribution in [3.63, 3.8) is 0 Å². The predicted octanol–water partition coefficient (Wildman–Crippen LogP) is 2.15. The van der Waals surface area contributed by atoms with Crippen molar-refractivity contribution in [2.45, 2.75) is 31.6 Å². The van der Waals surface area contributed by atoms with Crippen molar-refractivity contribution in [1.82, 2.24) is 14.9 Å². The predicted molar refractivity (Wildman–Crippen MR) is 90.4 cm³/mol. The molecule has 0 bridgehead atoms. The maximum atomic E-state index is 12.5. The van der Waals surface area contributed by atoms with Crippen molar-refractivity contribution in [2.24, 2.45) is 5.92 Å². The molecule has 1 aliphatic rings. The standard InChI is InChI=1S/C17H19N3O2S/c1-11-8-18-17-20(16(11)22)9-14(10-23-17)15(21)19-12(2)13-6-4-3-5-7-13/h3-8,12,14H,9-10H2,1-2H3,(H,19,21)/t12-,14+/m1/s1. The Morgan fingerprint density at radius 3 is 2.87 bits per heavy atom. The first kappa shape index (κ1) is 15.8.